The summed E-state index contributed by atoms with van der Waals surface area (Å²) >= 11 is 0. The van der Waals surface area contributed by atoms with Crippen LogP contribution >= 0.6 is 0 Å². The first kappa shape index (κ1) is 14.5. The van der Waals surface area contributed by atoms with Gasteiger partial charge in [-0.1, -0.05) is 48.5 Å². The van der Waals surface area contributed by atoms with Gasteiger partial charge in [0.05, 0.1) is 0 Å². The second-order valence-corrected chi connectivity index (χ2v) is 3.77. The first-order valence-corrected chi connectivity index (χ1v) is 5.64. The Hall–Kier alpha value is -1.57. The smallest absolute Gasteiger partial charge is 0.311 e. The summed E-state index contributed by atoms with van der Waals surface area (Å²) in [5.74, 6) is 0.408. The van der Waals surface area contributed by atoms with Crippen LogP contribution in [0.25, 0.3) is 0 Å². The quantitative estimate of drug-likeness (QED) is 0.491. The Bertz CT molecular complexity index is 468. The van der Waals surface area contributed by atoms with E-state index in [1.807, 2.05) is 48.5 Å². The van der Waals surface area contributed by atoms with Crippen LogP contribution in [0.5, 0.6) is 5.75 Å². The van der Waals surface area contributed by atoms with E-state index >= 15 is 0 Å². The van der Waals surface area contributed by atoms with Crippen molar-refractivity contribution in [3.8, 4) is 5.75 Å². The van der Waals surface area contributed by atoms with E-state index in [9.17, 15) is 4.79 Å². The van der Waals surface area contributed by atoms with Gasteiger partial charge in [0.25, 0.3) is 0 Å². The third-order valence-electron chi connectivity index (χ3n) is 2.44. The average Bonchev–Trinajstić information content (AvgIpc) is 2.39. The topological polar surface area (TPSA) is 26.3 Å². The molecule has 18 heavy (non-hydrogen) atoms. The van der Waals surface area contributed by atoms with E-state index in [0.717, 1.165) is 5.56 Å². The maximum absolute atomic E-state index is 11.6. The van der Waals surface area contributed by atoms with Crippen molar-refractivity contribution in [1.82, 2.24) is 0 Å². The summed E-state index contributed by atoms with van der Waals surface area (Å²) in [6.07, 6.45) is 1.12. The van der Waals surface area contributed by atoms with Crippen molar-refractivity contribution in [2.75, 3.05) is 0 Å². The molecule has 0 unspecified atom stereocenters. The predicted molar refractivity (Wildman–Crippen MR) is 66.8 cm³/mol. The first-order valence-electron chi connectivity index (χ1n) is 5.64. The Morgan fingerprint density at radius 1 is 0.889 bits per heavy atom. The zero-order valence-electron chi connectivity index (χ0n) is 9.81. The molecular weight excluding hydrogens is 276 g/mol. The zero-order valence-corrected chi connectivity index (χ0v) is 10.7. The molecular formula is C15H14CuO2. The van der Waals surface area contributed by atoms with Crippen molar-refractivity contribution in [2.24, 2.45) is 0 Å². The van der Waals surface area contributed by atoms with Gasteiger partial charge in [0.15, 0.2) is 0 Å². The maximum Gasteiger partial charge on any atom is 0.311 e. The maximum atomic E-state index is 11.6. The number of benzene rings is 2. The van der Waals surface area contributed by atoms with Crippen LogP contribution in [0.15, 0.2) is 60.7 Å². The van der Waals surface area contributed by atoms with Gasteiger partial charge in [0, 0.05) is 23.5 Å². The fourth-order valence-electron chi connectivity index (χ4n) is 1.56. The largest absolute Gasteiger partial charge is 0.427 e. The molecule has 2 nitrogen and oxygen atoms in total. The van der Waals surface area contributed by atoms with Crippen molar-refractivity contribution < 1.29 is 26.6 Å². The Morgan fingerprint density at radius 3 is 2.06 bits per heavy atom. The normalized spacial score (nSPS) is 9.33. The van der Waals surface area contributed by atoms with Crippen LogP contribution in [0, 0.1) is 0 Å². The number of carbonyl (C=O) groups excluding carboxylic acids is 1. The minimum absolute atomic E-state index is 0. The number of rotatable bonds is 4. The molecule has 0 aromatic heterocycles. The van der Waals surface area contributed by atoms with Crippen molar-refractivity contribution >= 4 is 5.97 Å². The zero-order chi connectivity index (χ0) is 11.9. The molecule has 0 saturated heterocycles. The van der Waals surface area contributed by atoms with Crippen LogP contribution in [0.1, 0.15) is 12.0 Å². The minimum atomic E-state index is -0.194. The molecule has 0 bridgehead atoms. The molecule has 0 amide bonds. The molecule has 0 aliphatic heterocycles. The van der Waals surface area contributed by atoms with Gasteiger partial charge >= 0.3 is 5.97 Å². The number of hydrogen-bond donors (Lipinski definition) is 0. The molecule has 2 aromatic carbocycles. The Balaban J connectivity index is 0.00000162. The first-order chi connectivity index (χ1) is 8.34. The van der Waals surface area contributed by atoms with Crippen molar-refractivity contribution in [3.05, 3.63) is 66.2 Å². The molecule has 0 heterocycles. The van der Waals surface area contributed by atoms with Crippen LogP contribution in [-0.2, 0) is 28.3 Å². The number of ether oxygens (including phenoxy) is 1. The van der Waals surface area contributed by atoms with E-state index in [0.29, 0.717) is 18.6 Å². The molecule has 0 fully saturated rings. The fraction of sp³-hybridized carbons (Fsp3) is 0.133. The fourth-order valence-corrected chi connectivity index (χ4v) is 1.56. The monoisotopic (exact) mass is 289 g/mol. The van der Waals surface area contributed by atoms with Gasteiger partial charge in [-0.15, -0.1) is 0 Å². The summed E-state index contributed by atoms with van der Waals surface area (Å²) in [5, 5.41) is 0. The molecule has 97 valence electrons. The second kappa shape index (κ2) is 7.70. The van der Waals surface area contributed by atoms with E-state index in [-0.39, 0.29) is 23.0 Å². The van der Waals surface area contributed by atoms with E-state index in [4.69, 9.17) is 4.74 Å². The molecule has 0 spiro atoms. The van der Waals surface area contributed by atoms with Crippen LogP contribution in [0.3, 0.4) is 0 Å². The molecule has 2 rings (SSSR count). The van der Waals surface area contributed by atoms with E-state index < -0.39 is 0 Å². The number of para-hydroxylation sites is 1. The summed E-state index contributed by atoms with van der Waals surface area (Å²) in [6, 6.07) is 19.1. The Labute approximate surface area is 117 Å². The van der Waals surface area contributed by atoms with Gasteiger partial charge in [0.1, 0.15) is 5.75 Å². The van der Waals surface area contributed by atoms with E-state index in [2.05, 4.69) is 0 Å². The number of aryl methyl sites for hydroxylation is 1. The van der Waals surface area contributed by atoms with E-state index in [1.54, 1.807) is 12.1 Å². The summed E-state index contributed by atoms with van der Waals surface area (Å²) in [4.78, 5) is 11.6. The van der Waals surface area contributed by atoms with Crippen LogP contribution < -0.4 is 4.74 Å². The van der Waals surface area contributed by atoms with Crippen LogP contribution in [-0.4, -0.2) is 5.97 Å². The molecule has 0 N–H and O–H groups in total. The average molecular weight is 290 g/mol. The third-order valence-corrected chi connectivity index (χ3v) is 2.44. The van der Waals surface area contributed by atoms with Gasteiger partial charge in [0.2, 0.25) is 0 Å². The minimum Gasteiger partial charge on any atom is -0.427 e. The molecule has 0 saturated carbocycles. The number of carbonyl (C=O) groups is 1. The summed E-state index contributed by atoms with van der Waals surface area (Å²) < 4.78 is 5.20. The second-order valence-electron chi connectivity index (χ2n) is 3.77. The Morgan fingerprint density at radius 2 is 1.44 bits per heavy atom. The number of hydrogen-bond acceptors (Lipinski definition) is 2. The van der Waals surface area contributed by atoms with Gasteiger partial charge < -0.3 is 4.74 Å². The summed E-state index contributed by atoms with van der Waals surface area (Å²) in [6.45, 7) is 0. The van der Waals surface area contributed by atoms with Crippen LogP contribution in [0.4, 0.5) is 0 Å². The van der Waals surface area contributed by atoms with Crippen LogP contribution in [0.2, 0.25) is 0 Å². The summed E-state index contributed by atoms with van der Waals surface area (Å²) in [5.41, 5.74) is 1.15. The molecule has 3 heteroatoms. The van der Waals surface area contributed by atoms with E-state index in [1.165, 1.54) is 0 Å². The number of esters is 1. The van der Waals surface area contributed by atoms with Crippen molar-refractivity contribution in [1.29, 1.82) is 0 Å². The van der Waals surface area contributed by atoms with Gasteiger partial charge in [-0.05, 0) is 24.1 Å². The molecule has 0 aliphatic rings. The van der Waals surface area contributed by atoms with Crippen molar-refractivity contribution in [3.63, 3.8) is 0 Å². The van der Waals surface area contributed by atoms with Gasteiger partial charge in [-0.2, -0.15) is 0 Å². The van der Waals surface area contributed by atoms with Gasteiger partial charge in [-0.3, -0.25) is 4.79 Å². The predicted octanol–water partition coefficient (Wildman–Crippen LogP) is 3.22. The Kier molecular flexibility index (Phi) is 6.20. The molecule has 0 aliphatic carbocycles. The van der Waals surface area contributed by atoms with Gasteiger partial charge in [-0.25, -0.2) is 0 Å². The summed E-state index contributed by atoms with van der Waals surface area (Å²) in [7, 11) is 0. The molecule has 0 atom stereocenters. The molecule has 2 aromatic rings. The standard InChI is InChI=1S/C15H14O2.Cu/c16-15(17-14-9-5-2-6-10-14)12-11-13-7-3-1-4-8-13;/h1-10H,11-12H2;. The SMILES string of the molecule is O=C(CCc1ccccc1)Oc1ccccc1.[Cu]. The molecule has 1 radical (unpaired) electrons. The van der Waals surface area contributed by atoms with Crippen molar-refractivity contribution in [2.45, 2.75) is 12.8 Å². The third kappa shape index (κ3) is 4.74.